The SMILES string of the molecule is Cc1ccc(N2C(=O)CSC23C(=O)N(CC(=O)Nc2ccc(Cl)cc2)c2ccccc23)cc1C. The Balaban J connectivity index is 1.52. The lowest BCUT2D eigenvalue weighted by Gasteiger charge is -2.33. The second-order valence-electron chi connectivity index (χ2n) is 8.39. The molecule has 0 aromatic heterocycles. The minimum absolute atomic E-state index is 0.135. The summed E-state index contributed by atoms with van der Waals surface area (Å²) in [5, 5.41) is 3.38. The number of nitrogens with zero attached hydrogens (tertiary/aromatic N) is 2. The summed E-state index contributed by atoms with van der Waals surface area (Å²) in [4.78, 5) is 41.9. The first-order valence-corrected chi connectivity index (χ1v) is 12.2. The van der Waals surface area contributed by atoms with Crippen molar-refractivity contribution in [1.29, 1.82) is 0 Å². The first-order chi connectivity index (χ1) is 16.3. The molecular formula is C26H22ClN3O3S. The molecule has 172 valence electrons. The normalized spacial score (nSPS) is 19.1. The van der Waals surface area contributed by atoms with Crippen molar-refractivity contribution in [2.75, 3.05) is 27.4 Å². The Labute approximate surface area is 206 Å². The highest BCUT2D eigenvalue weighted by atomic mass is 35.5. The standard InChI is InChI=1S/C26H22ClN3O3S/c1-16-7-12-20(13-17(16)2)30-24(32)15-34-26(30)21-5-3-4-6-22(21)29(25(26)33)14-23(31)28-19-10-8-18(27)9-11-19/h3-13H,14-15H2,1-2H3,(H,28,31). The third kappa shape index (κ3) is 3.56. The highest BCUT2D eigenvalue weighted by molar-refractivity contribution is 8.02. The zero-order chi connectivity index (χ0) is 24.0. The van der Waals surface area contributed by atoms with Crippen LogP contribution in [0.2, 0.25) is 5.02 Å². The molecule has 34 heavy (non-hydrogen) atoms. The number of hydrogen-bond donors (Lipinski definition) is 1. The van der Waals surface area contributed by atoms with Gasteiger partial charge in [0.05, 0.1) is 11.4 Å². The van der Waals surface area contributed by atoms with Crippen molar-refractivity contribution in [3.8, 4) is 0 Å². The summed E-state index contributed by atoms with van der Waals surface area (Å²) in [6.07, 6.45) is 0. The second kappa shape index (κ2) is 8.49. The Morgan fingerprint density at radius 2 is 1.76 bits per heavy atom. The molecule has 3 aromatic carbocycles. The van der Waals surface area contributed by atoms with E-state index < -0.39 is 4.87 Å². The Bertz CT molecular complexity index is 1330. The number of thioether (sulfide) groups is 1. The summed E-state index contributed by atoms with van der Waals surface area (Å²) in [5.74, 6) is -0.592. The largest absolute Gasteiger partial charge is 0.325 e. The van der Waals surface area contributed by atoms with E-state index in [1.54, 1.807) is 29.2 Å². The molecule has 1 saturated heterocycles. The van der Waals surface area contributed by atoms with E-state index in [1.165, 1.54) is 16.7 Å². The fourth-order valence-electron chi connectivity index (χ4n) is 4.45. The van der Waals surface area contributed by atoms with Gasteiger partial charge in [-0.25, -0.2) is 0 Å². The molecule has 8 heteroatoms. The molecule has 3 aromatic rings. The lowest BCUT2D eigenvalue weighted by Crippen LogP contribution is -2.50. The maximum Gasteiger partial charge on any atom is 0.269 e. The van der Waals surface area contributed by atoms with E-state index in [4.69, 9.17) is 11.6 Å². The highest BCUT2D eigenvalue weighted by Gasteiger charge is 2.61. The molecule has 2 aliphatic rings. The molecule has 1 unspecified atom stereocenters. The molecule has 0 radical (unpaired) electrons. The van der Waals surface area contributed by atoms with E-state index in [2.05, 4.69) is 5.32 Å². The topological polar surface area (TPSA) is 69.7 Å². The first kappa shape index (κ1) is 22.5. The number of rotatable bonds is 4. The van der Waals surface area contributed by atoms with Crippen LogP contribution in [0.5, 0.6) is 0 Å². The quantitative estimate of drug-likeness (QED) is 0.565. The van der Waals surface area contributed by atoms with E-state index in [9.17, 15) is 14.4 Å². The number of fused-ring (bicyclic) bond motifs is 2. The molecular weight excluding hydrogens is 470 g/mol. The number of carbonyl (C=O) groups is 3. The highest BCUT2D eigenvalue weighted by Crippen LogP contribution is 2.55. The van der Waals surface area contributed by atoms with Gasteiger partial charge in [-0.2, -0.15) is 0 Å². The van der Waals surface area contributed by atoms with Gasteiger partial charge in [0.2, 0.25) is 16.7 Å². The molecule has 0 aliphatic carbocycles. The minimum Gasteiger partial charge on any atom is -0.325 e. The van der Waals surface area contributed by atoms with Crippen LogP contribution >= 0.6 is 23.4 Å². The molecule has 6 nitrogen and oxygen atoms in total. The maximum atomic E-state index is 14.0. The van der Waals surface area contributed by atoms with Gasteiger partial charge in [0.25, 0.3) is 5.91 Å². The van der Waals surface area contributed by atoms with Crippen molar-refractivity contribution in [2.45, 2.75) is 18.7 Å². The number of halogens is 1. The summed E-state index contributed by atoms with van der Waals surface area (Å²) in [6.45, 7) is 3.82. The van der Waals surface area contributed by atoms with Gasteiger partial charge in [-0.15, -0.1) is 11.8 Å². The Morgan fingerprint density at radius 3 is 2.50 bits per heavy atom. The van der Waals surface area contributed by atoms with Crippen LogP contribution in [-0.2, 0) is 19.3 Å². The molecule has 1 N–H and O–H groups in total. The maximum absolute atomic E-state index is 14.0. The van der Waals surface area contributed by atoms with Crippen molar-refractivity contribution in [2.24, 2.45) is 0 Å². The molecule has 2 heterocycles. The van der Waals surface area contributed by atoms with Crippen LogP contribution in [0.3, 0.4) is 0 Å². The third-order valence-corrected chi connectivity index (χ3v) is 7.88. The van der Waals surface area contributed by atoms with Gasteiger partial charge in [-0.3, -0.25) is 24.2 Å². The van der Waals surface area contributed by atoms with Crippen LogP contribution < -0.4 is 15.1 Å². The third-order valence-electron chi connectivity index (χ3n) is 6.24. The number of carbonyl (C=O) groups excluding carboxylic acids is 3. The summed E-state index contributed by atoms with van der Waals surface area (Å²) in [5.41, 5.74) is 4.76. The molecule has 3 amide bonds. The van der Waals surface area contributed by atoms with Gasteiger partial charge in [-0.1, -0.05) is 35.9 Å². The van der Waals surface area contributed by atoms with Gasteiger partial charge in [0.1, 0.15) is 6.54 Å². The van der Waals surface area contributed by atoms with Crippen LogP contribution in [0, 0.1) is 13.8 Å². The van der Waals surface area contributed by atoms with Crippen molar-refractivity contribution in [3.05, 3.63) is 88.4 Å². The summed E-state index contributed by atoms with van der Waals surface area (Å²) >= 11 is 7.22. The molecule has 2 aliphatic heterocycles. The van der Waals surface area contributed by atoms with Gasteiger partial charge < -0.3 is 5.32 Å². The smallest absolute Gasteiger partial charge is 0.269 e. The van der Waals surface area contributed by atoms with Crippen molar-refractivity contribution in [3.63, 3.8) is 0 Å². The number of hydrogen-bond acceptors (Lipinski definition) is 4. The van der Waals surface area contributed by atoms with Gasteiger partial charge in [0.15, 0.2) is 0 Å². The number of anilines is 3. The minimum atomic E-state index is -1.24. The average molecular weight is 492 g/mol. The van der Waals surface area contributed by atoms with E-state index in [0.717, 1.165) is 11.1 Å². The monoisotopic (exact) mass is 491 g/mol. The predicted molar refractivity (Wildman–Crippen MR) is 136 cm³/mol. The average Bonchev–Trinajstić information content (AvgIpc) is 3.28. The Kier molecular flexibility index (Phi) is 5.62. The number of nitrogens with one attached hydrogen (secondary N) is 1. The fraction of sp³-hybridized carbons (Fsp3) is 0.192. The second-order valence-corrected chi connectivity index (χ2v) is 10.00. The molecule has 5 rings (SSSR count). The van der Waals surface area contributed by atoms with E-state index in [0.29, 0.717) is 27.6 Å². The molecule has 1 spiro atoms. The van der Waals surface area contributed by atoms with Crippen molar-refractivity contribution in [1.82, 2.24) is 0 Å². The van der Waals surface area contributed by atoms with E-state index >= 15 is 0 Å². The fourth-order valence-corrected chi connectivity index (χ4v) is 5.94. The van der Waals surface area contributed by atoms with Gasteiger partial charge >= 0.3 is 0 Å². The zero-order valence-corrected chi connectivity index (χ0v) is 20.2. The number of benzene rings is 3. The number of para-hydroxylation sites is 1. The molecule has 1 fully saturated rings. The van der Waals surface area contributed by atoms with Crippen LogP contribution in [0.4, 0.5) is 17.1 Å². The predicted octanol–water partition coefficient (Wildman–Crippen LogP) is 4.87. The van der Waals surface area contributed by atoms with Crippen molar-refractivity contribution >= 4 is 58.1 Å². The lowest BCUT2D eigenvalue weighted by atomic mass is 10.0. The van der Waals surface area contributed by atoms with E-state index in [-0.39, 0.29) is 30.0 Å². The summed E-state index contributed by atoms with van der Waals surface area (Å²) < 4.78 is 0. The van der Waals surface area contributed by atoms with Crippen LogP contribution in [0.25, 0.3) is 0 Å². The first-order valence-electron chi connectivity index (χ1n) is 10.8. The van der Waals surface area contributed by atoms with Crippen LogP contribution in [0.15, 0.2) is 66.7 Å². The zero-order valence-electron chi connectivity index (χ0n) is 18.7. The van der Waals surface area contributed by atoms with Crippen LogP contribution in [-0.4, -0.2) is 30.0 Å². The van der Waals surface area contributed by atoms with E-state index in [1.807, 2.05) is 56.3 Å². The molecule has 1 atom stereocenters. The summed E-state index contributed by atoms with van der Waals surface area (Å²) in [7, 11) is 0. The van der Waals surface area contributed by atoms with Gasteiger partial charge in [0, 0.05) is 22.0 Å². The lowest BCUT2D eigenvalue weighted by molar-refractivity contribution is -0.124. The van der Waals surface area contributed by atoms with Crippen molar-refractivity contribution < 1.29 is 14.4 Å². The molecule has 0 saturated carbocycles. The van der Waals surface area contributed by atoms with Gasteiger partial charge in [-0.05, 0) is 67.4 Å². The number of amides is 3. The summed E-state index contributed by atoms with van der Waals surface area (Å²) in [6, 6.07) is 19.9. The van der Waals surface area contributed by atoms with Crippen LogP contribution in [0.1, 0.15) is 16.7 Å². The Morgan fingerprint density at radius 1 is 1.03 bits per heavy atom. The number of aryl methyl sites for hydroxylation is 2. The Hall–Kier alpha value is -3.29. The molecule has 0 bridgehead atoms.